The summed E-state index contributed by atoms with van der Waals surface area (Å²) in [6, 6.07) is 7.21. The number of aromatic nitrogens is 3. The molecule has 0 saturated heterocycles. The van der Waals surface area contributed by atoms with E-state index in [2.05, 4.69) is 15.0 Å². The minimum atomic E-state index is -0.0646. The van der Waals surface area contributed by atoms with Gasteiger partial charge in [0.05, 0.1) is 0 Å². The molecule has 0 aliphatic heterocycles. The number of hydrogen-bond donors (Lipinski definition) is 2. The number of nitrogens with zero attached hydrogens (tertiary/aromatic N) is 3. The van der Waals surface area contributed by atoms with E-state index in [1.165, 1.54) is 11.8 Å². The molecule has 5 nitrogen and oxygen atoms in total. The fraction of sp³-hybridized carbons (Fsp3) is 0. The van der Waals surface area contributed by atoms with Crippen LogP contribution in [0.5, 0.6) is 0 Å². The average Bonchev–Trinajstić information content (AvgIpc) is 2.30. The second-order valence-corrected chi connectivity index (χ2v) is 3.90. The van der Waals surface area contributed by atoms with E-state index in [1.54, 1.807) is 18.5 Å². The Morgan fingerprint density at radius 1 is 1.19 bits per heavy atom. The Hall–Kier alpha value is -1.95. The van der Waals surface area contributed by atoms with E-state index >= 15 is 0 Å². The van der Waals surface area contributed by atoms with Crippen molar-refractivity contribution in [3.05, 3.63) is 42.4 Å². The highest BCUT2D eigenvalue weighted by molar-refractivity contribution is 7.99. The van der Waals surface area contributed by atoms with Crippen LogP contribution in [0.4, 0.5) is 0 Å². The van der Waals surface area contributed by atoms with Gasteiger partial charge in [0.25, 0.3) is 0 Å². The van der Waals surface area contributed by atoms with Gasteiger partial charge in [0.15, 0.2) is 5.16 Å². The highest BCUT2D eigenvalue weighted by Gasteiger charge is 2.04. The SMILES string of the molecule is N=C(N)c1ccnc(Sc2ccccn2)n1. The number of amidine groups is 1. The van der Waals surface area contributed by atoms with Crippen molar-refractivity contribution in [1.82, 2.24) is 15.0 Å². The van der Waals surface area contributed by atoms with Gasteiger partial charge in [-0.05, 0) is 30.0 Å². The number of nitrogens with two attached hydrogens (primary N) is 1. The number of nitrogen functional groups attached to an aromatic ring is 1. The molecule has 0 aromatic carbocycles. The van der Waals surface area contributed by atoms with Gasteiger partial charge in [-0.25, -0.2) is 15.0 Å². The first kappa shape index (κ1) is 10.6. The Kier molecular flexibility index (Phi) is 3.11. The number of rotatable bonds is 3. The van der Waals surface area contributed by atoms with Crippen LogP contribution in [-0.4, -0.2) is 20.8 Å². The average molecular weight is 231 g/mol. The van der Waals surface area contributed by atoms with E-state index in [9.17, 15) is 0 Å². The second-order valence-electron chi connectivity index (χ2n) is 2.91. The van der Waals surface area contributed by atoms with E-state index in [1.807, 2.05) is 18.2 Å². The minimum absolute atomic E-state index is 0.0646. The van der Waals surface area contributed by atoms with Crippen molar-refractivity contribution in [2.24, 2.45) is 5.73 Å². The lowest BCUT2D eigenvalue weighted by Crippen LogP contribution is -2.13. The second kappa shape index (κ2) is 4.71. The summed E-state index contributed by atoms with van der Waals surface area (Å²) in [6.07, 6.45) is 3.28. The molecule has 2 aromatic rings. The van der Waals surface area contributed by atoms with E-state index in [4.69, 9.17) is 11.1 Å². The molecule has 2 rings (SSSR count). The van der Waals surface area contributed by atoms with E-state index in [-0.39, 0.29) is 5.84 Å². The normalized spacial score (nSPS) is 10.0. The van der Waals surface area contributed by atoms with Crippen LogP contribution < -0.4 is 5.73 Å². The Bertz CT molecular complexity index is 500. The fourth-order valence-electron chi connectivity index (χ4n) is 1.04. The molecule has 80 valence electrons. The smallest absolute Gasteiger partial charge is 0.194 e. The number of nitrogens with one attached hydrogen (secondary N) is 1. The van der Waals surface area contributed by atoms with E-state index in [0.29, 0.717) is 10.9 Å². The third kappa shape index (κ3) is 2.54. The third-order valence-corrected chi connectivity index (χ3v) is 2.57. The molecule has 0 aliphatic rings. The molecule has 0 aliphatic carbocycles. The first-order chi connectivity index (χ1) is 7.75. The fourth-order valence-corrected chi connectivity index (χ4v) is 1.75. The highest BCUT2D eigenvalue weighted by atomic mass is 32.2. The maximum absolute atomic E-state index is 7.27. The van der Waals surface area contributed by atoms with Crippen molar-refractivity contribution in [2.75, 3.05) is 0 Å². The first-order valence-corrected chi connectivity index (χ1v) is 5.33. The third-order valence-electron chi connectivity index (χ3n) is 1.74. The van der Waals surface area contributed by atoms with Crippen LogP contribution >= 0.6 is 11.8 Å². The zero-order chi connectivity index (χ0) is 11.4. The lowest BCUT2D eigenvalue weighted by atomic mass is 10.4. The van der Waals surface area contributed by atoms with Gasteiger partial charge in [0.2, 0.25) is 0 Å². The molecule has 2 aromatic heterocycles. The summed E-state index contributed by atoms with van der Waals surface area (Å²) >= 11 is 1.33. The molecule has 0 radical (unpaired) electrons. The molecule has 0 unspecified atom stereocenters. The van der Waals surface area contributed by atoms with E-state index < -0.39 is 0 Å². The molecular formula is C10H9N5S. The molecule has 0 atom stereocenters. The Balaban J connectivity index is 2.22. The summed E-state index contributed by atoms with van der Waals surface area (Å²) in [5.74, 6) is -0.0646. The van der Waals surface area contributed by atoms with Crippen molar-refractivity contribution in [2.45, 2.75) is 10.2 Å². The van der Waals surface area contributed by atoms with Crippen molar-refractivity contribution < 1.29 is 0 Å². The summed E-state index contributed by atoms with van der Waals surface area (Å²) in [4.78, 5) is 12.4. The maximum atomic E-state index is 7.27. The Morgan fingerprint density at radius 2 is 2.06 bits per heavy atom. The standard InChI is InChI=1S/C10H9N5S/c11-9(12)7-4-6-14-10(15-7)16-8-3-1-2-5-13-8/h1-6H,(H3,11,12). The highest BCUT2D eigenvalue weighted by Crippen LogP contribution is 2.21. The van der Waals surface area contributed by atoms with Gasteiger partial charge in [-0.15, -0.1) is 0 Å². The van der Waals surface area contributed by atoms with Gasteiger partial charge in [-0.1, -0.05) is 6.07 Å². The van der Waals surface area contributed by atoms with Gasteiger partial charge in [0, 0.05) is 12.4 Å². The van der Waals surface area contributed by atoms with Gasteiger partial charge in [0.1, 0.15) is 16.6 Å². The van der Waals surface area contributed by atoms with Crippen molar-refractivity contribution in [1.29, 1.82) is 5.41 Å². The zero-order valence-electron chi connectivity index (χ0n) is 8.29. The van der Waals surface area contributed by atoms with Gasteiger partial charge < -0.3 is 5.73 Å². The molecule has 3 N–H and O–H groups in total. The van der Waals surface area contributed by atoms with Crippen LogP contribution in [0.3, 0.4) is 0 Å². The molecule has 0 amide bonds. The number of hydrogen-bond acceptors (Lipinski definition) is 5. The topological polar surface area (TPSA) is 88.5 Å². The largest absolute Gasteiger partial charge is 0.382 e. The molecule has 16 heavy (non-hydrogen) atoms. The van der Waals surface area contributed by atoms with Crippen molar-refractivity contribution in [3.8, 4) is 0 Å². The van der Waals surface area contributed by atoms with Crippen LogP contribution in [0.15, 0.2) is 46.8 Å². The van der Waals surface area contributed by atoms with Gasteiger partial charge >= 0.3 is 0 Å². The summed E-state index contributed by atoms with van der Waals surface area (Å²) in [5.41, 5.74) is 5.77. The molecule has 0 saturated carbocycles. The number of pyridine rings is 1. The van der Waals surface area contributed by atoms with Crippen molar-refractivity contribution >= 4 is 17.6 Å². The van der Waals surface area contributed by atoms with Crippen molar-refractivity contribution in [3.63, 3.8) is 0 Å². The van der Waals surface area contributed by atoms with Gasteiger partial charge in [-0.2, -0.15) is 0 Å². The van der Waals surface area contributed by atoms with Crippen LogP contribution in [0.2, 0.25) is 0 Å². The summed E-state index contributed by atoms with van der Waals surface area (Å²) in [7, 11) is 0. The predicted molar refractivity (Wildman–Crippen MR) is 61.4 cm³/mol. The lowest BCUT2D eigenvalue weighted by Gasteiger charge is -2.00. The first-order valence-electron chi connectivity index (χ1n) is 4.52. The predicted octanol–water partition coefficient (Wildman–Crippen LogP) is 1.31. The molecular weight excluding hydrogens is 222 g/mol. The van der Waals surface area contributed by atoms with Crippen LogP contribution in [-0.2, 0) is 0 Å². The Labute approximate surface area is 96.7 Å². The molecule has 0 spiro atoms. The summed E-state index contributed by atoms with van der Waals surface area (Å²) in [5, 5.41) is 8.62. The molecule has 2 heterocycles. The molecule has 0 bridgehead atoms. The van der Waals surface area contributed by atoms with Crippen LogP contribution in [0.25, 0.3) is 0 Å². The van der Waals surface area contributed by atoms with Gasteiger partial charge in [-0.3, -0.25) is 5.41 Å². The molecule has 0 fully saturated rings. The Morgan fingerprint density at radius 3 is 2.75 bits per heavy atom. The zero-order valence-corrected chi connectivity index (χ0v) is 9.11. The lowest BCUT2D eigenvalue weighted by molar-refractivity contribution is 0.948. The summed E-state index contributed by atoms with van der Waals surface area (Å²) < 4.78 is 0. The van der Waals surface area contributed by atoms with Crippen LogP contribution in [0, 0.1) is 5.41 Å². The maximum Gasteiger partial charge on any atom is 0.194 e. The quantitative estimate of drug-likeness (QED) is 0.472. The van der Waals surface area contributed by atoms with E-state index in [0.717, 1.165) is 5.03 Å². The monoisotopic (exact) mass is 231 g/mol. The minimum Gasteiger partial charge on any atom is -0.382 e. The molecule has 6 heteroatoms. The van der Waals surface area contributed by atoms with Crippen LogP contribution in [0.1, 0.15) is 5.69 Å². The summed E-state index contributed by atoms with van der Waals surface area (Å²) in [6.45, 7) is 0.